The van der Waals surface area contributed by atoms with E-state index in [2.05, 4.69) is 168 Å². The fourth-order valence-electron chi connectivity index (χ4n) is 8.07. The molecule has 0 aliphatic rings. The van der Waals surface area contributed by atoms with Crippen LogP contribution < -0.4 is 0 Å². The normalized spacial score (nSPS) is 11.8. The summed E-state index contributed by atoms with van der Waals surface area (Å²) < 4.78 is 2.37. The van der Waals surface area contributed by atoms with Gasteiger partial charge in [0.05, 0.1) is 16.7 Å². The molecule has 0 spiro atoms. The smallest absolute Gasteiger partial charge is 0.166 e. The van der Waals surface area contributed by atoms with E-state index in [0.29, 0.717) is 17.5 Å². The highest BCUT2D eigenvalue weighted by Crippen LogP contribution is 2.39. The highest BCUT2D eigenvalue weighted by Gasteiger charge is 2.20. The van der Waals surface area contributed by atoms with Crippen molar-refractivity contribution in [1.82, 2.24) is 19.5 Å². The molecular weight excluding hydrogens is 645 g/mol. The quantitative estimate of drug-likeness (QED) is 0.175. The van der Waals surface area contributed by atoms with Crippen LogP contribution in [0.15, 0.2) is 182 Å². The molecule has 0 atom stereocenters. The molecule has 0 bridgehead atoms. The molecule has 11 rings (SSSR count). The van der Waals surface area contributed by atoms with Crippen LogP contribution in [0.2, 0.25) is 0 Å². The maximum atomic E-state index is 5.34. The Labute approximate surface area is 305 Å². The van der Waals surface area contributed by atoms with Gasteiger partial charge in [-0.3, -0.25) is 0 Å². The van der Waals surface area contributed by atoms with Crippen LogP contribution in [0.1, 0.15) is 0 Å². The van der Waals surface area contributed by atoms with Gasteiger partial charge in [0.15, 0.2) is 17.5 Å². The van der Waals surface area contributed by atoms with Crippen LogP contribution in [0.25, 0.3) is 105 Å². The molecule has 53 heavy (non-hydrogen) atoms. The van der Waals surface area contributed by atoms with Gasteiger partial charge in [-0.15, -0.1) is 0 Å². The summed E-state index contributed by atoms with van der Waals surface area (Å²) in [7, 11) is 0. The van der Waals surface area contributed by atoms with Gasteiger partial charge in [0.1, 0.15) is 0 Å². The molecule has 2 aromatic heterocycles. The van der Waals surface area contributed by atoms with Crippen LogP contribution in [0.5, 0.6) is 0 Å². The van der Waals surface area contributed by atoms with E-state index in [9.17, 15) is 0 Å². The van der Waals surface area contributed by atoms with Crippen LogP contribution >= 0.6 is 0 Å². The summed E-state index contributed by atoms with van der Waals surface area (Å²) in [5.74, 6) is 1.89. The summed E-state index contributed by atoms with van der Waals surface area (Å²) >= 11 is 0. The number of aromatic nitrogens is 4. The van der Waals surface area contributed by atoms with Gasteiger partial charge in [0.25, 0.3) is 0 Å². The predicted molar refractivity (Wildman–Crippen MR) is 220 cm³/mol. The zero-order valence-electron chi connectivity index (χ0n) is 28.6. The number of para-hydroxylation sites is 2. The molecule has 2 heterocycles. The molecule has 0 unspecified atom stereocenters. The first-order valence-electron chi connectivity index (χ1n) is 17.9. The first-order chi connectivity index (χ1) is 26.3. The van der Waals surface area contributed by atoms with E-state index in [-0.39, 0.29) is 0 Å². The Balaban J connectivity index is 1.20. The Kier molecular flexibility index (Phi) is 6.52. The monoisotopic (exact) mass is 674 g/mol. The highest BCUT2D eigenvalue weighted by molar-refractivity contribution is 6.17. The van der Waals surface area contributed by atoms with Gasteiger partial charge in [-0.2, -0.15) is 0 Å². The Morgan fingerprint density at radius 3 is 1.53 bits per heavy atom. The van der Waals surface area contributed by atoms with E-state index in [1.807, 2.05) is 18.2 Å². The number of benzene rings is 9. The van der Waals surface area contributed by atoms with Crippen molar-refractivity contribution < 1.29 is 0 Å². The van der Waals surface area contributed by atoms with E-state index in [1.165, 1.54) is 43.1 Å². The van der Waals surface area contributed by atoms with Crippen molar-refractivity contribution in [1.29, 1.82) is 0 Å². The molecule has 0 radical (unpaired) electrons. The Morgan fingerprint density at radius 1 is 0.302 bits per heavy atom. The molecule has 246 valence electrons. The summed E-state index contributed by atoms with van der Waals surface area (Å²) in [6.07, 6.45) is 0. The van der Waals surface area contributed by atoms with Crippen LogP contribution in [-0.2, 0) is 0 Å². The predicted octanol–water partition coefficient (Wildman–Crippen LogP) is 12.6. The molecule has 0 saturated carbocycles. The van der Waals surface area contributed by atoms with Crippen molar-refractivity contribution in [3.8, 4) is 39.9 Å². The summed E-state index contributed by atoms with van der Waals surface area (Å²) in [4.78, 5) is 15.7. The summed E-state index contributed by atoms with van der Waals surface area (Å²) in [6.45, 7) is 0. The van der Waals surface area contributed by atoms with Crippen molar-refractivity contribution in [3.05, 3.63) is 182 Å². The third kappa shape index (κ3) is 4.73. The number of nitrogens with zero attached hydrogens (tertiary/aromatic N) is 4. The fourth-order valence-corrected chi connectivity index (χ4v) is 8.07. The SMILES string of the molecule is c1ccc(-c2nc(-c3ccc4ccc5c6ccccc6ccc5c4c3)nc(-c3cc4ccccc4cc3-n3c4ccccc4c4ccccc43)n2)cc1. The molecule has 4 heteroatoms. The van der Waals surface area contributed by atoms with Crippen molar-refractivity contribution in [2.24, 2.45) is 0 Å². The van der Waals surface area contributed by atoms with Gasteiger partial charge < -0.3 is 4.57 Å². The highest BCUT2D eigenvalue weighted by atomic mass is 15.1. The minimum Gasteiger partial charge on any atom is -0.308 e. The minimum absolute atomic E-state index is 0.625. The van der Waals surface area contributed by atoms with Crippen LogP contribution in [0.4, 0.5) is 0 Å². The second kappa shape index (κ2) is 11.7. The van der Waals surface area contributed by atoms with Gasteiger partial charge >= 0.3 is 0 Å². The molecule has 0 saturated heterocycles. The maximum Gasteiger partial charge on any atom is 0.166 e. The lowest BCUT2D eigenvalue weighted by Crippen LogP contribution is -2.04. The lowest BCUT2D eigenvalue weighted by Gasteiger charge is -2.16. The molecule has 0 aliphatic heterocycles. The number of rotatable bonds is 4. The topological polar surface area (TPSA) is 43.6 Å². The first kappa shape index (κ1) is 29.5. The Hall–Kier alpha value is -7.17. The Bertz CT molecular complexity index is 3180. The fraction of sp³-hybridized carbons (Fsp3) is 0. The zero-order chi connectivity index (χ0) is 34.9. The maximum absolute atomic E-state index is 5.34. The van der Waals surface area contributed by atoms with Crippen molar-refractivity contribution >= 4 is 64.9 Å². The van der Waals surface area contributed by atoms with E-state index in [0.717, 1.165) is 44.2 Å². The number of hydrogen-bond donors (Lipinski definition) is 0. The molecule has 9 aromatic carbocycles. The third-order valence-electron chi connectivity index (χ3n) is 10.6. The largest absolute Gasteiger partial charge is 0.308 e. The number of fused-ring (bicyclic) bond motifs is 9. The average Bonchev–Trinajstić information content (AvgIpc) is 3.57. The lowest BCUT2D eigenvalue weighted by molar-refractivity contribution is 1.07. The van der Waals surface area contributed by atoms with Crippen LogP contribution in [0.3, 0.4) is 0 Å². The van der Waals surface area contributed by atoms with Crippen molar-refractivity contribution in [2.75, 3.05) is 0 Å². The van der Waals surface area contributed by atoms with E-state index in [4.69, 9.17) is 15.0 Å². The van der Waals surface area contributed by atoms with Gasteiger partial charge in [0.2, 0.25) is 0 Å². The molecule has 0 amide bonds. The van der Waals surface area contributed by atoms with Gasteiger partial charge in [0, 0.05) is 27.5 Å². The van der Waals surface area contributed by atoms with Crippen molar-refractivity contribution in [2.45, 2.75) is 0 Å². The second-order valence-corrected chi connectivity index (χ2v) is 13.6. The third-order valence-corrected chi connectivity index (χ3v) is 10.6. The molecule has 4 nitrogen and oxygen atoms in total. The zero-order valence-corrected chi connectivity index (χ0v) is 28.6. The molecular formula is C49H30N4. The molecule has 11 aromatic rings. The second-order valence-electron chi connectivity index (χ2n) is 13.6. The van der Waals surface area contributed by atoms with Gasteiger partial charge in [-0.1, -0.05) is 152 Å². The van der Waals surface area contributed by atoms with Crippen LogP contribution in [-0.4, -0.2) is 19.5 Å². The van der Waals surface area contributed by atoms with Gasteiger partial charge in [-0.05, 0) is 73.4 Å². The van der Waals surface area contributed by atoms with E-state index >= 15 is 0 Å². The molecule has 0 aliphatic carbocycles. The first-order valence-corrected chi connectivity index (χ1v) is 17.9. The molecule has 0 fully saturated rings. The summed E-state index contributed by atoms with van der Waals surface area (Å²) in [6, 6.07) is 64.6. The summed E-state index contributed by atoms with van der Waals surface area (Å²) in [5, 5.41) is 12.0. The van der Waals surface area contributed by atoms with E-state index in [1.54, 1.807) is 0 Å². The lowest BCUT2D eigenvalue weighted by atomic mass is 9.96. The van der Waals surface area contributed by atoms with Gasteiger partial charge in [-0.25, -0.2) is 15.0 Å². The summed E-state index contributed by atoms with van der Waals surface area (Å²) in [5.41, 5.74) is 6.11. The standard InChI is InChI=1S/C49H30N4/c1-2-13-33(14-3-1)47-50-48(36-23-22-32-25-26-38-37-17-7-6-12-31(37)24-27-39(38)42(32)29-36)52-49(51-47)43-28-34-15-4-5-16-35(34)30-46(43)53-44-20-10-8-18-40(44)41-19-9-11-21-45(41)53/h1-30H. The Morgan fingerprint density at radius 2 is 0.811 bits per heavy atom. The van der Waals surface area contributed by atoms with Crippen molar-refractivity contribution in [3.63, 3.8) is 0 Å². The number of hydrogen-bond acceptors (Lipinski definition) is 3. The van der Waals surface area contributed by atoms with Crippen LogP contribution in [0, 0.1) is 0 Å². The minimum atomic E-state index is 0.625. The average molecular weight is 675 g/mol. The molecule has 0 N–H and O–H groups in total. The van der Waals surface area contributed by atoms with E-state index < -0.39 is 0 Å².